The highest BCUT2D eigenvalue weighted by atomic mass is 79.9. The molecule has 0 aromatic heterocycles. The minimum absolute atomic E-state index is 0.272. The Labute approximate surface area is 117 Å². The molecular weight excluding hydrogens is 294 g/mol. The molecule has 0 radical (unpaired) electrons. The number of aromatic hydroxyl groups is 1. The third-order valence-corrected chi connectivity index (χ3v) is 3.20. The van der Waals surface area contributed by atoms with Crippen molar-refractivity contribution in [2.24, 2.45) is 5.92 Å². The van der Waals surface area contributed by atoms with E-state index < -0.39 is 5.60 Å². The molecular formula is C14H22BrNO2. The summed E-state index contributed by atoms with van der Waals surface area (Å²) < 4.78 is 0.936. The summed E-state index contributed by atoms with van der Waals surface area (Å²) in [7, 11) is 0. The van der Waals surface area contributed by atoms with Gasteiger partial charge in [-0.25, -0.2) is 0 Å². The van der Waals surface area contributed by atoms with Crippen LogP contribution in [0.3, 0.4) is 0 Å². The van der Waals surface area contributed by atoms with Crippen LogP contribution in [0.4, 0.5) is 0 Å². The second kappa shape index (κ2) is 6.55. The summed E-state index contributed by atoms with van der Waals surface area (Å²) in [5, 5.41) is 23.0. The van der Waals surface area contributed by atoms with E-state index in [1.807, 2.05) is 13.0 Å². The summed E-state index contributed by atoms with van der Waals surface area (Å²) in [6.45, 7) is 7.07. The summed E-state index contributed by atoms with van der Waals surface area (Å²) in [5.74, 6) is 0.732. The van der Waals surface area contributed by atoms with Crippen LogP contribution in [0, 0.1) is 5.92 Å². The lowest BCUT2D eigenvalue weighted by atomic mass is 9.94. The Hall–Kier alpha value is -0.580. The van der Waals surface area contributed by atoms with Gasteiger partial charge < -0.3 is 15.5 Å². The van der Waals surface area contributed by atoms with Crippen molar-refractivity contribution in [3.63, 3.8) is 0 Å². The van der Waals surface area contributed by atoms with Crippen LogP contribution in [-0.4, -0.2) is 22.4 Å². The van der Waals surface area contributed by atoms with Crippen LogP contribution >= 0.6 is 15.9 Å². The lowest BCUT2D eigenvalue weighted by molar-refractivity contribution is 0.0383. The van der Waals surface area contributed by atoms with E-state index in [1.165, 1.54) is 0 Å². The molecule has 0 aliphatic carbocycles. The highest BCUT2D eigenvalue weighted by Crippen LogP contribution is 2.22. The molecule has 0 amide bonds. The normalized spacial score (nSPS) is 14.8. The number of phenolic OH excluding ortho intramolecular Hbond substituents is 1. The van der Waals surface area contributed by atoms with E-state index in [1.54, 1.807) is 12.1 Å². The monoisotopic (exact) mass is 315 g/mol. The SMILES string of the molecule is CC(C)CC(C)(O)CNCc1cc(Br)ccc1O. The third kappa shape index (κ3) is 5.38. The minimum atomic E-state index is -0.713. The number of hydrogen-bond donors (Lipinski definition) is 3. The van der Waals surface area contributed by atoms with Crippen LogP contribution in [0.2, 0.25) is 0 Å². The fourth-order valence-corrected chi connectivity index (χ4v) is 2.52. The first-order valence-corrected chi connectivity index (χ1v) is 7.00. The summed E-state index contributed by atoms with van der Waals surface area (Å²) in [5.41, 5.74) is 0.111. The molecule has 3 nitrogen and oxygen atoms in total. The van der Waals surface area contributed by atoms with Gasteiger partial charge in [-0.05, 0) is 37.5 Å². The van der Waals surface area contributed by atoms with E-state index in [4.69, 9.17) is 0 Å². The molecule has 0 aliphatic rings. The second-order valence-corrected chi connectivity index (χ2v) is 6.39. The van der Waals surface area contributed by atoms with Crippen molar-refractivity contribution in [1.82, 2.24) is 5.32 Å². The second-order valence-electron chi connectivity index (χ2n) is 5.47. The zero-order valence-electron chi connectivity index (χ0n) is 11.2. The average molecular weight is 316 g/mol. The quantitative estimate of drug-likeness (QED) is 0.756. The first-order valence-electron chi connectivity index (χ1n) is 6.20. The summed E-state index contributed by atoms with van der Waals surface area (Å²) in [6.07, 6.45) is 0.754. The molecule has 1 aromatic carbocycles. The summed E-state index contributed by atoms with van der Waals surface area (Å²) in [6, 6.07) is 5.33. The molecule has 1 rings (SSSR count). The fourth-order valence-electron chi connectivity index (χ4n) is 2.11. The van der Waals surface area contributed by atoms with Gasteiger partial charge in [-0.15, -0.1) is 0 Å². The van der Waals surface area contributed by atoms with Crippen LogP contribution in [0.5, 0.6) is 5.75 Å². The fraction of sp³-hybridized carbons (Fsp3) is 0.571. The summed E-state index contributed by atoms with van der Waals surface area (Å²) >= 11 is 3.37. The molecule has 18 heavy (non-hydrogen) atoms. The average Bonchev–Trinajstić information content (AvgIpc) is 2.21. The molecule has 0 heterocycles. The van der Waals surface area contributed by atoms with Crippen molar-refractivity contribution < 1.29 is 10.2 Å². The zero-order valence-corrected chi connectivity index (χ0v) is 12.8. The van der Waals surface area contributed by atoms with Crippen molar-refractivity contribution in [1.29, 1.82) is 0 Å². The van der Waals surface area contributed by atoms with Gasteiger partial charge >= 0.3 is 0 Å². The zero-order chi connectivity index (χ0) is 13.8. The van der Waals surface area contributed by atoms with Gasteiger partial charge in [-0.2, -0.15) is 0 Å². The van der Waals surface area contributed by atoms with E-state index in [0.29, 0.717) is 19.0 Å². The van der Waals surface area contributed by atoms with E-state index in [-0.39, 0.29) is 5.75 Å². The van der Waals surface area contributed by atoms with Crippen LogP contribution in [0.15, 0.2) is 22.7 Å². The molecule has 1 atom stereocenters. The Morgan fingerprint density at radius 2 is 2.06 bits per heavy atom. The van der Waals surface area contributed by atoms with Crippen LogP contribution < -0.4 is 5.32 Å². The lowest BCUT2D eigenvalue weighted by Crippen LogP contribution is -2.38. The van der Waals surface area contributed by atoms with Crippen LogP contribution in [0.1, 0.15) is 32.8 Å². The number of rotatable bonds is 6. The van der Waals surface area contributed by atoms with Crippen molar-refractivity contribution in [2.45, 2.75) is 39.3 Å². The van der Waals surface area contributed by atoms with Gasteiger partial charge in [0, 0.05) is 23.1 Å². The smallest absolute Gasteiger partial charge is 0.120 e. The highest BCUT2D eigenvalue weighted by Gasteiger charge is 2.21. The maximum atomic E-state index is 10.2. The maximum absolute atomic E-state index is 10.2. The van der Waals surface area contributed by atoms with Gasteiger partial charge in [0.2, 0.25) is 0 Å². The maximum Gasteiger partial charge on any atom is 0.120 e. The molecule has 1 unspecified atom stereocenters. The third-order valence-electron chi connectivity index (χ3n) is 2.71. The van der Waals surface area contributed by atoms with Gasteiger partial charge in [-0.3, -0.25) is 0 Å². The van der Waals surface area contributed by atoms with Gasteiger partial charge in [0.05, 0.1) is 5.60 Å². The van der Waals surface area contributed by atoms with Crippen molar-refractivity contribution >= 4 is 15.9 Å². The molecule has 0 saturated carbocycles. The number of benzene rings is 1. The molecule has 4 heteroatoms. The van der Waals surface area contributed by atoms with Crippen LogP contribution in [0.25, 0.3) is 0 Å². The van der Waals surface area contributed by atoms with E-state index in [9.17, 15) is 10.2 Å². The van der Waals surface area contributed by atoms with Gasteiger partial charge in [-0.1, -0.05) is 29.8 Å². The van der Waals surface area contributed by atoms with Crippen molar-refractivity contribution in [3.8, 4) is 5.75 Å². The predicted molar refractivity (Wildman–Crippen MR) is 77.6 cm³/mol. The Kier molecular flexibility index (Phi) is 5.63. The largest absolute Gasteiger partial charge is 0.508 e. The molecule has 0 aliphatic heterocycles. The number of halogens is 1. The summed E-state index contributed by atoms with van der Waals surface area (Å²) in [4.78, 5) is 0. The number of hydrogen-bond acceptors (Lipinski definition) is 3. The Morgan fingerprint density at radius 3 is 2.67 bits per heavy atom. The standard InChI is InChI=1S/C14H22BrNO2/c1-10(2)7-14(3,18)9-16-8-11-6-12(15)4-5-13(11)17/h4-6,10,16-18H,7-9H2,1-3H3. The van der Waals surface area contributed by atoms with Gasteiger partial charge in [0.25, 0.3) is 0 Å². The predicted octanol–water partition coefficient (Wildman–Crippen LogP) is 3.04. The number of nitrogens with one attached hydrogen (secondary N) is 1. The molecule has 0 saturated heterocycles. The van der Waals surface area contributed by atoms with Crippen molar-refractivity contribution in [2.75, 3.05) is 6.54 Å². The molecule has 0 bridgehead atoms. The first-order chi connectivity index (χ1) is 8.30. The molecule has 0 spiro atoms. The minimum Gasteiger partial charge on any atom is -0.508 e. The van der Waals surface area contributed by atoms with Crippen LogP contribution in [-0.2, 0) is 6.54 Å². The molecule has 102 valence electrons. The van der Waals surface area contributed by atoms with Gasteiger partial charge in [0.15, 0.2) is 0 Å². The molecule has 0 fully saturated rings. The van der Waals surface area contributed by atoms with Crippen molar-refractivity contribution in [3.05, 3.63) is 28.2 Å². The molecule has 1 aromatic rings. The Bertz CT molecular complexity index is 391. The first kappa shape index (κ1) is 15.5. The highest BCUT2D eigenvalue weighted by molar-refractivity contribution is 9.10. The van der Waals surface area contributed by atoms with Gasteiger partial charge in [0.1, 0.15) is 5.75 Å². The number of aliphatic hydroxyl groups is 1. The molecule has 3 N–H and O–H groups in total. The van der Waals surface area contributed by atoms with E-state index in [2.05, 4.69) is 35.1 Å². The Morgan fingerprint density at radius 1 is 1.39 bits per heavy atom. The lowest BCUT2D eigenvalue weighted by Gasteiger charge is -2.25. The Balaban J connectivity index is 2.48. The van der Waals surface area contributed by atoms with E-state index in [0.717, 1.165) is 16.5 Å². The topological polar surface area (TPSA) is 52.5 Å². The number of phenols is 1. The van der Waals surface area contributed by atoms with E-state index >= 15 is 0 Å².